The molecule has 1 aromatic heterocycles. The van der Waals surface area contributed by atoms with Gasteiger partial charge in [0.15, 0.2) is 5.16 Å². The number of rotatable bonds is 8. The molecule has 0 saturated carbocycles. The van der Waals surface area contributed by atoms with E-state index in [1.165, 1.54) is 11.8 Å². The first-order valence-corrected chi connectivity index (χ1v) is 12.2. The molecule has 3 aromatic rings. The largest absolute Gasteiger partial charge is 0.376 e. The number of nitrogens with one attached hydrogen (secondary N) is 1. The Bertz CT molecular complexity index is 1170. The van der Waals surface area contributed by atoms with Crippen molar-refractivity contribution < 1.29 is 9.53 Å². The van der Waals surface area contributed by atoms with Gasteiger partial charge in [0.25, 0.3) is 11.5 Å². The predicted octanol–water partition coefficient (Wildman–Crippen LogP) is 4.66. The maximum Gasteiger partial charge on any atom is 0.262 e. The molecular weight excluding hydrogens is 446 g/mol. The molecular formula is C24H26ClN3O3S. The molecule has 0 bridgehead atoms. The topological polar surface area (TPSA) is 73.2 Å². The van der Waals surface area contributed by atoms with Crippen LogP contribution in [0.1, 0.15) is 42.1 Å². The van der Waals surface area contributed by atoms with Gasteiger partial charge in [-0.2, -0.15) is 0 Å². The van der Waals surface area contributed by atoms with Crippen LogP contribution in [0.2, 0.25) is 5.02 Å². The monoisotopic (exact) mass is 471 g/mol. The predicted molar refractivity (Wildman–Crippen MR) is 129 cm³/mol. The Balaban J connectivity index is 1.70. The molecule has 1 saturated heterocycles. The van der Waals surface area contributed by atoms with E-state index < -0.39 is 0 Å². The van der Waals surface area contributed by atoms with Crippen molar-refractivity contribution in [3.63, 3.8) is 0 Å². The summed E-state index contributed by atoms with van der Waals surface area (Å²) >= 11 is 7.61. The third-order valence-electron chi connectivity index (χ3n) is 5.39. The third-order valence-corrected chi connectivity index (χ3v) is 6.67. The number of thioether (sulfide) groups is 1. The number of carbonyl (C=O) groups is 1. The molecule has 1 N–H and O–H groups in total. The summed E-state index contributed by atoms with van der Waals surface area (Å²) in [7, 11) is 0. The van der Waals surface area contributed by atoms with Crippen LogP contribution < -0.4 is 10.9 Å². The van der Waals surface area contributed by atoms with Crippen LogP contribution >= 0.6 is 23.4 Å². The van der Waals surface area contributed by atoms with Crippen molar-refractivity contribution in [1.82, 2.24) is 14.9 Å². The number of halogens is 1. The molecule has 1 aliphatic rings. The fraction of sp³-hybridized carbons (Fsp3) is 0.375. The summed E-state index contributed by atoms with van der Waals surface area (Å²) in [5.41, 5.74) is 1.96. The lowest BCUT2D eigenvalue weighted by molar-refractivity contribution is 0.0937. The Morgan fingerprint density at radius 2 is 2.19 bits per heavy atom. The van der Waals surface area contributed by atoms with Crippen LogP contribution in [0.25, 0.3) is 10.9 Å². The highest BCUT2D eigenvalue weighted by atomic mass is 35.5. The van der Waals surface area contributed by atoms with E-state index in [0.717, 1.165) is 31.4 Å². The first-order chi connectivity index (χ1) is 15.5. The molecule has 1 aliphatic heterocycles. The molecule has 8 heteroatoms. The van der Waals surface area contributed by atoms with Crippen molar-refractivity contribution in [2.45, 2.75) is 49.7 Å². The Morgan fingerprint density at radius 3 is 2.94 bits per heavy atom. The van der Waals surface area contributed by atoms with Gasteiger partial charge in [-0.1, -0.05) is 42.4 Å². The van der Waals surface area contributed by atoms with Gasteiger partial charge in [-0.25, -0.2) is 4.98 Å². The van der Waals surface area contributed by atoms with E-state index in [1.807, 2.05) is 31.2 Å². The summed E-state index contributed by atoms with van der Waals surface area (Å²) in [4.78, 5) is 30.6. The van der Waals surface area contributed by atoms with Crippen LogP contribution in [0.4, 0.5) is 0 Å². The fourth-order valence-corrected chi connectivity index (χ4v) is 4.88. The minimum atomic E-state index is -0.160. The Labute approximate surface area is 196 Å². The van der Waals surface area contributed by atoms with Gasteiger partial charge in [-0.15, -0.1) is 0 Å². The van der Waals surface area contributed by atoms with E-state index >= 15 is 0 Å². The molecule has 0 radical (unpaired) electrons. The Morgan fingerprint density at radius 1 is 1.31 bits per heavy atom. The van der Waals surface area contributed by atoms with Crippen LogP contribution in [0.3, 0.4) is 0 Å². The van der Waals surface area contributed by atoms with Gasteiger partial charge >= 0.3 is 0 Å². The minimum absolute atomic E-state index is 0.0107. The van der Waals surface area contributed by atoms with E-state index in [9.17, 15) is 9.59 Å². The lowest BCUT2D eigenvalue weighted by Gasteiger charge is -2.17. The summed E-state index contributed by atoms with van der Waals surface area (Å²) in [5, 5.41) is 4.66. The van der Waals surface area contributed by atoms with Crippen molar-refractivity contribution in [1.29, 1.82) is 0 Å². The SMILES string of the molecule is CCCNC(=O)c1ccc2c(=O)n(C[C@@H]3CCCO3)c(SCc3cccc(Cl)c3)nc2c1. The van der Waals surface area contributed by atoms with Crippen LogP contribution in [0.15, 0.2) is 52.4 Å². The van der Waals surface area contributed by atoms with Gasteiger partial charge in [0, 0.05) is 29.5 Å². The molecule has 0 unspecified atom stereocenters. The van der Waals surface area contributed by atoms with Gasteiger partial charge < -0.3 is 10.1 Å². The lowest BCUT2D eigenvalue weighted by atomic mass is 10.1. The maximum absolute atomic E-state index is 13.4. The van der Waals surface area contributed by atoms with Crippen LogP contribution in [0, 0.1) is 0 Å². The third kappa shape index (κ3) is 5.34. The number of fused-ring (bicyclic) bond motifs is 1. The zero-order chi connectivity index (χ0) is 22.5. The first kappa shape index (κ1) is 22.8. The van der Waals surface area contributed by atoms with Crippen LogP contribution in [-0.4, -0.2) is 34.7 Å². The molecule has 32 heavy (non-hydrogen) atoms. The van der Waals surface area contributed by atoms with Crippen LogP contribution in [-0.2, 0) is 17.0 Å². The molecule has 6 nitrogen and oxygen atoms in total. The second-order valence-electron chi connectivity index (χ2n) is 7.85. The molecule has 2 heterocycles. The van der Waals surface area contributed by atoms with E-state index in [2.05, 4.69) is 5.32 Å². The zero-order valence-corrected chi connectivity index (χ0v) is 19.5. The average Bonchev–Trinajstić information content (AvgIpc) is 3.31. The number of carbonyl (C=O) groups excluding carboxylic acids is 1. The molecule has 0 spiro atoms. The van der Waals surface area contributed by atoms with E-state index in [1.54, 1.807) is 22.8 Å². The Kier molecular flexibility index (Phi) is 7.50. The fourth-order valence-electron chi connectivity index (χ4n) is 3.72. The number of nitrogens with zero attached hydrogens (tertiary/aromatic N) is 2. The smallest absolute Gasteiger partial charge is 0.262 e. The summed E-state index contributed by atoms with van der Waals surface area (Å²) in [6.45, 7) is 3.80. The number of amides is 1. The van der Waals surface area contributed by atoms with Crippen molar-refractivity contribution >= 4 is 40.2 Å². The summed E-state index contributed by atoms with van der Waals surface area (Å²) in [6, 6.07) is 12.7. The lowest BCUT2D eigenvalue weighted by Crippen LogP contribution is -2.29. The second-order valence-corrected chi connectivity index (χ2v) is 9.23. The standard InChI is InChI=1S/C24H26ClN3O3S/c1-2-10-26-22(29)17-8-9-20-21(13-17)27-24(32-15-16-5-3-6-18(25)12-16)28(23(20)30)14-19-7-4-11-31-19/h3,5-6,8-9,12-13,19H,2,4,7,10-11,14-15H2,1H3,(H,26,29)/t19-/m0/s1. The van der Waals surface area contributed by atoms with E-state index in [4.69, 9.17) is 21.3 Å². The van der Waals surface area contributed by atoms with Gasteiger partial charge in [0.1, 0.15) is 0 Å². The highest BCUT2D eigenvalue weighted by molar-refractivity contribution is 7.98. The number of aromatic nitrogens is 2. The molecule has 2 aromatic carbocycles. The highest BCUT2D eigenvalue weighted by Gasteiger charge is 2.21. The maximum atomic E-state index is 13.4. The molecule has 4 rings (SSSR count). The number of hydrogen-bond donors (Lipinski definition) is 1. The normalized spacial score (nSPS) is 15.9. The summed E-state index contributed by atoms with van der Waals surface area (Å²) in [6.07, 6.45) is 2.80. The van der Waals surface area contributed by atoms with E-state index in [0.29, 0.717) is 45.5 Å². The first-order valence-electron chi connectivity index (χ1n) is 10.9. The summed E-state index contributed by atoms with van der Waals surface area (Å²) in [5.74, 6) is 0.466. The molecule has 1 fully saturated rings. The Hall–Kier alpha value is -2.35. The molecule has 0 aliphatic carbocycles. The van der Waals surface area contributed by atoms with Crippen molar-refractivity contribution in [3.05, 3.63) is 69.0 Å². The molecule has 1 atom stereocenters. The van der Waals surface area contributed by atoms with Crippen LogP contribution in [0.5, 0.6) is 0 Å². The quantitative estimate of drug-likeness (QED) is 0.382. The number of hydrogen-bond acceptors (Lipinski definition) is 5. The summed E-state index contributed by atoms with van der Waals surface area (Å²) < 4.78 is 7.49. The van der Waals surface area contributed by atoms with Gasteiger partial charge in [-0.3, -0.25) is 14.2 Å². The van der Waals surface area contributed by atoms with Gasteiger partial charge in [-0.05, 0) is 55.2 Å². The number of ether oxygens (including phenoxy) is 1. The molecule has 1 amide bonds. The van der Waals surface area contributed by atoms with Crippen molar-refractivity contribution in [2.75, 3.05) is 13.2 Å². The highest BCUT2D eigenvalue weighted by Crippen LogP contribution is 2.25. The zero-order valence-electron chi connectivity index (χ0n) is 18.0. The van der Waals surface area contributed by atoms with E-state index in [-0.39, 0.29) is 17.6 Å². The van der Waals surface area contributed by atoms with Gasteiger partial charge in [0.05, 0.1) is 23.6 Å². The second kappa shape index (κ2) is 10.5. The van der Waals surface area contributed by atoms with Gasteiger partial charge in [0.2, 0.25) is 0 Å². The van der Waals surface area contributed by atoms with Crippen molar-refractivity contribution in [3.8, 4) is 0 Å². The minimum Gasteiger partial charge on any atom is -0.376 e. The number of benzene rings is 2. The molecule has 168 valence electrons. The van der Waals surface area contributed by atoms with Crippen molar-refractivity contribution in [2.24, 2.45) is 0 Å². The average molecular weight is 472 g/mol.